The fourth-order valence-electron chi connectivity index (χ4n) is 2.17. The van der Waals surface area contributed by atoms with E-state index in [-0.39, 0.29) is 5.91 Å². The fourth-order valence-corrected chi connectivity index (χ4v) is 3.11. The van der Waals surface area contributed by atoms with E-state index in [1.807, 2.05) is 30.3 Å². The summed E-state index contributed by atoms with van der Waals surface area (Å²) in [6.45, 7) is 0. The summed E-state index contributed by atoms with van der Waals surface area (Å²) in [5.41, 5.74) is 1.49. The van der Waals surface area contributed by atoms with E-state index >= 15 is 0 Å². The second-order valence-corrected chi connectivity index (χ2v) is 6.46. The molecule has 0 radical (unpaired) electrons. The van der Waals surface area contributed by atoms with Gasteiger partial charge in [-0.25, -0.2) is 0 Å². The number of methoxy groups -OCH3 is 1. The molecule has 2 aromatic carbocycles. The molecule has 0 saturated heterocycles. The molecule has 0 fully saturated rings. The normalized spacial score (nSPS) is 10.4. The van der Waals surface area contributed by atoms with Crippen LogP contribution in [0.4, 0.5) is 5.13 Å². The van der Waals surface area contributed by atoms with Crippen LogP contribution in [0.5, 0.6) is 5.75 Å². The minimum absolute atomic E-state index is 0.336. The van der Waals surface area contributed by atoms with Crippen molar-refractivity contribution in [3.63, 3.8) is 0 Å². The molecule has 0 aliphatic carbocycles. The Bertz CT molecular complexity index is 852. The maximum atomic E-state index is 12.4. The SMILES string of the molecule is COc1ccc(Cl)cc1C(=O)Nc1nnc(Cc2ccccc2)s1. The van der Waals surface area contributed by atoms with Crippen LogP contribution in [0.2, 0.25) is 5.02 Å². The van der Waals surface area contributed by atoms with Gasteiger partial charge in [0.2, 0.25) is 5.13 Å². The molecule has 3 aromatic rings. The van der Waals surface area contributed by atoms with Crippen LogP contribution >= 0.6 is 22.9 Å². The molecule has 0 aliphatic heterocycles. The van der Waals surface area contributed by atoms with Crippen LogP contribution in [0.25, 0.3) is 0 Å². The molecule has 3 rings (SSSR count). The standard InChI is InChI=1S/C17H14ClN3O2S/c1-23-14-8-7-12(18)10-13(14)16(22)19-17-21-20-15(24-17)9-11-5-3-2-4-6-11/h2-8,10H,9H2,1H3,(H,19,21,22). The lowest BCUT2D eigenvalue weighted by molar-refractivity contribution is 0.102. The van der Waals surface area contributed by atoms with E-state index in [2.05, 4.69) is 15.5 Å². The summed E-state index contributed by atoms with van der Waals surface area (Å²) in [7, 11) is 1.50. The first-order valence-corrected chi connectivity index (χ1v) is 8.36. The first-order chi connectivity index (χ1) is 11.7. The van der Waals surface area contributed by atoms with Gasteiger partial charge in [0.05, 0.1) is 12.7 Å². The van der Waals surface area contributed by atoms with Crippen LogP contribution in [-0.2, 0) is 6.42 Å². The van der Waals surface area contributed by atoms with Crippen molar-refractivity contribution >= 4 is 34.0 Å². The molecule has 7 heteroatoms. The van der Waals surface area contributed by atoms with Crippen LogP contribution in [0, 0.1) is 0 Å². The van der Waals surface area contributed by atoms with Crippen LogP contribution < -0.4 is 10.1 Å². The summed E-state index contributed by atoms with van der Waals surface area (Å²) in [5.74, 6) is 0.114. The van der Waals surface area contributed by atoms with Crippen LogP contribution in [0.3, 0.4) is 0 Å². The molecule has 0 unspecified atom stereocenters. The number of hydrogen-bond acceptors (Lipinski definition) is 5. The number of rotatable bonds is 5. The third kappa shape index (κ3) is 3.90. The molecule has 24 heavy (non-hydrogen) atoms. The molecule has 0 aliphatic rings. The van der Waals surface area contributed by atoms with Gasteiger partial charge in [0.15, 0.2) is 0 Å². The lowest BCUT2D eigenvalue weighted by Gasteiger charge is -2.07. The van der Waals surface area contributed by atoms with Crippen molar-refractivity contribution in [2.45, 2.75) is 6.42 Å². The van der Waals surface area contributed by atoms with Crippen molar-refractivity contribution in [1.82, 2.24) is 10.2 Å². The molecule has 5 nitrogen and oxygen atoms in total. The molecular weight excluding hydrogens is 346 g/mol. The molecule has 0 atom stereocenters. The fraction of sp³-hybridized carbons (Fsp3) is 0.118. The third-order valence-electron chi connectivity index (χ3n) is 3.29. The van der Waals surface area contributed by atoms with E-state index < -0.39 is 0 Å². The maximum absolute atomic E-state index is 12.4. The molecule has 0 bridgehead atoms. The summed E-state index contributed by atoms with van der Waals surface area (Å²) >= 11 is 7.29. The smallest absolute Gasteiger partial charge is 0.261 e. The van der Waals surface area contributed by atoms with E-state index in [1.54, 1.807) is 18.2 Å². The van der Waals surface area contributed by atoms with Gasteiger partial charge in [0, 0.05) is 11.4 Å². The average molecular weight is 360 g/mol. The minimum atomic E-state index is -0.336. The Hall–Kier alpha value is -2.44. The second-order valence-electron chi connectivity index (χ2n) is 4.96. The van der Waals surface area contributed by atoms with E-state index in [9.17, 15) is 4.79 Å². The van der Waals surface area contributed by atoms with Crippen LogP contribution in [0.15, 0.2) is 48.5 Å². The number of carbonyl (C=O) groups is 1. The van der Waals surface area contributed by atoms with Gasteiger partial charge in [0.1, 0.15) is 10.8 Å². The van der Waals surface area contributed by atoms with Crippen molar-refractivity contribution in [3.8, 4) is 5.75 Å². The van der Waals surface area contributed by atoms with E-state index in [1.165, 1.54) is 18.4 Å². The van der Waals surface area contributed by atoms with Gasteiger partial charge in [-0.15, -0.1) is 10.2 Å². The van der Waals surface area contributed by atoms with Gasteiger partial charge in [-0.1, -0.05) is 53.3 Å². The predicted molar refractivity (Wildman–Crippen MR) is 95.1 cm³/mol. The van der Waals surface area contributed by atoms with Crippen molar-refractivity contribution in [3.05, 3.63) is 69.7 Å². The van der Waals surface area contributed by atoms with Crippen LogP contribution in [0.1, 0.15) is 20.9 Å². The molecule has 1 heterocycles. The first-order valence-electron chi connectivity index (χ1n) is 7.17. The first kappa shape index (κ1) is 16.4. The van der Waals surface area contributed by atoms with Gasteiger partial charge >= 0.3 is 0 Å². The number of nitrogens with one attached hydrogen (secondary N) is 1. The highest BCUT2D eigenvalue weighted by Gasteiger charge is 2.15. The van der Waals surface area contributed by atoms with Gasteiger partial charge < -0.3 is 4.74 Å². The van der Waals surface area contributed by atoms with Gasteiger partial charge in [-0.05, 0) is 23.8 Å². The Balaban J connectivity index is 1.73. The zero-order chi connectivity index (χ0) is 16.9. The van der Waals surface area contributed by atoms with Crippen molar-refractivity contribution in [2.75, 3.05) is 12.4 Å². The molecule has 0 saturated carbocycles. The molecule has 1 amide bonds. The zero-order valence-electron chi connectivity index (χ0n) is 12.8. The number of amides is 1. The number of ether oxygens (including phenoxy) is 1. The predicted octanol–water partition coefficient (Wildman–Crippen LogP) is 4.04. The molecule has 1 N–H and O–H groups in total. The lowest BCUT2D eigenvalue weighted by Crippen LogP contribution is -2.13. The largest absolute Gasteiger partial charge is 0.496 e. The number of benzene rings is 2. The molecule has 0 spiro atoms. The summed E-state index contributed by atoms with van der Waals surface area (Å²) in [4.78, 5) is 12.4. The summed E-state index contributed by atoms with van der Waals surface area (Å²) in [6.07, 6.45) is 0.675. The van der Waals surface area contributed by atoms with E-state index in [4.69, 9.17) is 16.3 Å². The molecule has 122 valence electrons. The number of aromatic nitrogens is 2. The molecule has 1 aromatic heterocycles. The summed E-state index contributed by atoms with van der Waals surface area (Å²) < 4.78 is 5.19. The topological polar surface area (TPSA) is 64.1 Å². The van der Waals surface area contributed by atoms with Gasteiger partial charge in [-0.3, -0.25) is 10.1 Å². The maximum Gasteiger partial charge on any atom is 0.261 e. The Morgan fingerprint density at radius 3 is 2.75 bits per heavy atom. The average Bonchev–Trinajstić information content (AvgIpc) is 3.02. The number of halogens is 1. The Kier molecular flexibility index (Phi) is 5.08. The number of anilines is 1. The number of hydrogen-bond donors (Lipinski definition) is 1. The lowest BCUT2D eigenvalue weighted by atomic mass is 10.2. The molecular formula is C17H14ClN3O2S. The Morgan fingerprint density at radius 2 is 2.00 bits per heavy atom. The highest BCUT2D eigenvalue weighted by molar-refractivity contribution is 7.15. The van der Waals surface area contributed by atoms with Gasteiger partial charge in [-0.2, -0.15) is 0 Å². The highest BCUT2D eigenvalue weighted by Crippen LogP contribution is 2.25. The Labute approximate surface area is 148 Å². The van der Waals surface area contributed by atoms with Crippen molar-refractivity contribution in [2.24, 2.45) is 0 Å². The highest BCUT2D eigenvalue weighted by atomic mass is 35.5. The summed E-state index contributed by atoms with van der Waals surface area (Å²) in [6, 6.07) is 14.8. The third-order valence-corrected chi connectivity index (χ3v) is 4.37. The number of carbonyl (C=O) groups excluding carboxylic acids is 1. The second kappa shape index (κ2) is 7.42. The minimum Gasteiger partial charge on any atom is -0.496 e. The summed E-state index contributed by atoms with van der Waals surface area (Å²) in [5, 5.41) is 12.6. The van der Waals surface area contributed by atoms with E-state index in [0.29, 0.717) is 27.9 Å². The van der Waals surface area contributed by atoms with Gasteiger partial charge in [0.25, 0.3) is 5.91 Å². The van der Waals surface area contributed by atoms with Crippen molar-refractivity contribution < 1.29 is 9.53 Å². The zero-order valence-corrected chi connectivity index (χ0v) is 14.4. The Morgan fingerprint density at radius 1 is 1.21 bits per heavy atom. The monoisotopic (exact) mass is 359 g/mol. The van der Waals surface area contributed by atoms with Crippen LogP contribution in [-0.4, -0.2) is 23.2 Å². The number of nitrogens with zero attached hydrogens (tertiary/aromatic N) is 2. The van der Waals surface area contributed by atoms with E-state index in [0.717, 1.165) is 10.6 Å². The van der Waals surface area contributed by atoms with Crippen molar-refractivity contribution in [1.29, 1.82) is 0 Å². The quantitative estimate of drug-likeness (QED) is 0.746.